The minimum Gasteiger partial charge on any atom is -0.357 e. The van der Waals surface area contributed by atoms with Gasteiger partial charge in [0.1, 0.15) is 0 Å². The van der Waals surface area contributed by atoms with Crippen LogP contribution in [-0.4, -0.2) is 4.98 Å². The Balaban J connectivity index is 1.77. The molecule has 0 fully saturated rings. The minimum absolute atomic E-state index is 0.401. The van der Waals surface area contributed by atoms with E-state index < -0.39 is 11.6 Å². The third-order valence-electron chi connectivity index (χ3n) is 2.78. The van der Waals surface area contributed by atoms with E-state index in [4.69, 9.17) is 0 Å². The van der Waals surface area contributed by atoms with E-state index in [-0.39, 0.29) is 0 Å². The molecule has 0 spiro atoms. The molecule has 3 aromatic rings. The van der Waals surface area contributed by atoms with Gasteiger partial charge in [-0.05, 0) is 35.9 Å². The minimum atomic E-state index is -0.836. The maximum Gasteiger partial charge on any atom is 0.184 e. The second-order valence-corrected chi connectivity index (χ2v) is 6.18. The van der Waals surface area contributed by atoms with Gasteiger partial charge in [-0.25, -0.2) is 13.8 Å². The zero-order valence-corrected chi connectivity index (χ0v) is 12.6. The normalized spacial score (nSPS) is 10.9. The number of anilines is 1. The molecule has 20 heavy (non-hydrogen) atoms. The predicted molar refractivity (Wildman–Crippen MR) is 81.0 cm³/mol. The van der Waals surface area contributed by atoms with E-state index >= 15 is 0 Å². The molecule has 0 amide bonds. The molecule has 0 radical (unpaired) electrons. The Bertz CT molecular complexity index is 773. The van der Waals surface area contributed by atoms with Crippen LogP contribution in [0.25, 0.3) is 10.2 Å². The number of hydrogen-bond donors (Lipinski definition) is 1. The highest BCUT2D eigenvalue weighted by Gasteiger charge is 2.06. The quantitative estimate of drug-likeness (QED) is 0.719. The molecule has 0 saturated heterocycles. The molecule has 102 valence electrons. The van der Waals surface area contributed by atoms with Crippen molar-refractivity contribution >= 4 is 42.6 Å². The van der Waals surface area contributed by atoms with Crippen molar-refractivity contribution in [1.29, 1.82) is 0 Å². The molecule has 0 unspecified atom stereocenters. The van der Waals surface area contributed by atoms with Gasteiger partial charge in [0.2, 0.25) is 0 Å². The first kappa shape index (κ1) is 13.5. The van der Waals surface area contributed by atoms with Crippen molar-refractivity contribution in [2.75, 3.05) is 5.32 Å². The van der Waals surface area contributed by atoms with Crippen LogP contribution >= 0.6 is 27.3 Å². The van der Waals surface area contributed by atoms with Gasteiger partial charge in [-0.2, -0.15) is 0 Å². The number of rotatable bonds is 3. The number of halogens is 3. The summed E-state index contributed by atoms with van der Waals surface area (Å²) < 4.78 is 28.0. The van der Waals surface area contributed by atoms with Crippen LogP contribution in [0.15, 0.2) is 40.9 Å². The van der Waals surface area contributed by atoms with Crippen LogP contribution in [0.5, 0.6) is 0 Å². The third-order valence-corrected chi connectivity index (χ3v) is 4.26. The Labute approximate surface area is 126 Å². The molecule has 2 nitrogen and oxygen atoms in total. The van der Waals surface area contributed by atoms with Gasteiger partial charge >= 0.3 is 0 Å². The van der Waals surface area contributed by atoms with Gasteiger partial charge in [0.05, 0.1) is 10.2 Å². The first-order valence-electron chi connectivity index (χ1n) is 5.86. The van der Waals surface area contributed by atoms with Crippen LogP contribution < -0.4 is 5.32 Å². The Morgan fingerprint density at radius 2 is 1.95 bits per heavy atom. The number of aromatic nitrogens is 1. The third kappa shape index (κ3) is 2.81. The van der Waals surface area contributed by atoms with Crippen LogP contribution in [-0.2, 0) is 6.54 Å². The van der Waals surface area contributed by atoms with Gasteiger partial charge in [0, 0.05) is 11.0 Å². The molecule has 6 heteroatoms. The van der Waals surface area contributed by atoms with Crippen LogP contribution in [0.4, 0.5) is 13.9 Å². The highest BCUT2D eigenvalue weighted by atomic mass is 79.9. The summed E-state index contributed by atoms with van der Waals surface area (Å²) in [6.07, 6.45) is 0. The molecule has 0 aliphatic carbocycles. The largest absolute Gasteiger partial charge is 0.357 e. The van der Waals surface area contributed by atoms with E-state index in [1.54, 1.807) is 6.07 Å². The lowest BCUT2D eigenvalue weighted by Crippen LogP contribution is -1.99. The Hall–Kier alpha value is -1.53. The summed E-state index contributed by atoms with van der Waals surface area (Å²) in [4.78, 5) is 4.44. The van der Waals surface area contributed by atoms with Crippen molar-refractivity contribution < 1.29 is 8.78 Å². The van der Waals surface area contributed by atoms with Crippen molar-refractivity contribution in [3.8, 4) is 0 Å². The van der Waals surface area contributed by atoms with Gasteiger partial charge in [-0.3, -0.25) is 0 Å². The zero-order valence-electron chi connectivity index (χ0n) is 10.2. The van der Waals surface area contributed by atoms with Gasteiger partial charge in [0.15, 0.2) is 16.8 Å². The standard InChI is InChI=1S/C14H9BrF2N2S/c15-9-2-4-13-12(6-9)19-14(20-13)18-7-8-1-3-10(16)11(17)5-8/h1-6H,7H2,(H,18,19). The first-order chi connectivity index (χ1) is 9.61. The van der Waals surface area contributed by atoms with Crippen molar-refractivity contribution in [1.82, 2.24) is 4.98 Å². The summed E-state index contributed by atoms with van der Waals surface area (Å²) in [6, 6.07) is 9.75. The molecule has 0 atom stereocenters. The van der Waals surface area contributed by atoms with E-state index in [2.05, 4.69) is 26.2 Å². The average Bonchev–Trinajstić information content (AvgIpc) is 2.82. The van der Waals surface area contributed by atoms with Crippen LogP contribution in [0, 0.1) is 11.6 Å². The molecular formula is C14H9BrF2N2S. The number of fused-ring (bicyclic) bond motifs is 1. The molecule has 1 aromatic heterocycles. The summed E-state index contributed by atoms with van der Waals surface area (Å²) >= 11 is 4.92. The number of benzene rings is 2. The fourth-order valence-corrected chi connectivity index (χ4v) is 2.99. The molecule has 0 bridgehead atoms. The topological polar surface area (TPSA) is 24.9 Å². The number of nitrogens with zero attached hydrogens (tertiary/aromatic N) is 1. The van der Waals surface area contributed by atoms with Crippen molar-refractivity contribution in [2.24, 2.45) is 0 Å². The molecule has 1 N–H and O–H groups in total. The fourth-order valence-electron chi connectivity index (χ4n) is 1.80. The summed E-state index contributed by atoms with van der Waals surface area (Å²) in [7, 11) is 0. The van der Waals surface area contributed by atoms with Gasteiger partial charge in [0.25, 0.3) is 0 Å². The molecule has 3 rings (SSSR count). The van der Waals surface area contributed by atoms with Crippen molar-refractivity contribution in [2.45, 2.75) is 6.54 Å². The second-order valence-electron chi connectivity index (χ2n) is 4.23. The Kier molecular flexibility index (Phi) is 3.67. The van der Waals surface area contributed by atoms with Crippen LogP contribution in [0.3, 0.4) is 0 Å². The van der Waals surface area contributed by atoms with Gasteiger partial charge in [-0.15, -0.1) is 0 Å². The molecule has 0 saturated carbocycles. The lowest BCUT2D eigenvalue weighted by atomic mass is 10.2. The summed E-state index contributed by atoms with van der Waals surface area (Å²) in [5.74, 6) is -1.67. The maximum absolute atomic E-state index is 13.1. The van der Waals surface area contributed by atoms with Gasteiger partial charge < -0.3 is 5.32 Å². The summed E-state index contributed by atoms with van der Waals surface area (Å²) in [5.41, 5.74) is 1.57. The Morgan fingerprint density at radius 1 is 1.10 bits per heavy atom. The molecule has 0 aliphatic rings. The van der Waals surface area contributed by atoms with E-state index in [1.807, 2.05) is 18.2 Å². The SMILES string of the molecule is Fc1ccc(CNc2nc3cc(Br)ccc3s2)cc1F. The predicted octanol–water partition coefficient (Wildman–Crippen LogP) is 4.95. The molecule has 0 aliphatic heterocycles. The zero-order chi connectivity index (χ0) is 14.1. The smallest absolute Gasteiger partial charge is 0.184 e. The lowest BCUT2D eigenvalue weighted by Gasteiger charge is -2.03. The average molecular weight is 355 g/mol. The van der Waals surface area contributed by atoms with Crippen LogP contribution in [0.1, 0.15) is 5.56 Å². The maximum atomic E-state index is 13.1. The lowest BCUT2D eigenvalue weighted by molar-refractivity contribution is 0.507. The fraction of sp³-hybridized carbons (Fsp3) is 0.0714. The van der Waals surface area contributed by atoms with Crippen molar-refractivity contribution in [3.63, 3.8) is 0 Å². The number of thiazole rings is 1. The van der Waals surface area contributed by atoms with Gasteiger partial charge in [-0.1, -0.05) is 33.3 Å². The molecular weight excluding hydrogens is 346 g/mol. The van der Waals surface area contributed by atoms with E-state index in [1.165, 1.54) is 17.4 Å². The number of hydrogen-bond acceptors (Lipinski definition) is 3. The van der Waals surface area contributed by atoms with Crippen molar-refractivity contribution in [3.05, 3.63) is 58.1 Å². The monoisotopic (exact) mass is 354 g/mol. The molecule has 2 aromatic carbocycles. The highest BCUT2D eigenvalue weighted by molar-refractivity contribution is 9.10. The Morgan fingerprint density at radius 3 is 2.75 bits per heavy atom. The van der Waals surface area contributed by atoms with E-state index in [0.717, 1.165) is 25.9 Å². The number of nitrogens with one attached hydrogen (secondary N) is 1. The summed E-state index contributed by atoms with van der Waals surface area (Å²) in [5, 5.41) is 3.87. The van der Waals surface area contributed by atoms with E-state index in [0.29, 0.717) is 12.1 Å². The summed E-state index contributed by atoms with van der Waals surface area (Å²) in [6.45, 7) is 0.401. The van der Waals surface area contributed by atoms with Crippen LogP contribution in [0.2, 0.25) is 0 Å². The second kappa shape index (κ2) is 5.46. The van der Waals surface area contributed by atoms with E-state index in [9.17, 15) is 8.78 Å². The highest BCUT2D eigenvalue weighted by Crippen LogP contribution is 2.28. The first-order valence-corrected chi connectivity index (χ1v) is 7.47. The molecule has 1 heterocycles.